The number of rotatable bonds is 6. The standard InChI is InChI=1S/C5H11O7P/c6-2-1-4(7)5(8)3-12-13(9,10)11/h2,4-5,7-8H,1,3H2,(H2,9,10,11)/p-2/t4-,5+/m0/s1. The van der Waals surface area contributed by atoms with Gasteiger partial charge in [-0.2, -0.15) is 0 Å². The molecule has 0 spiro atoms. The second-order valence-corrected chi connectivity index (χ2v) is 3.43. The number of phosphoric ester groups is 1. The van der Waals surface area contributed by atoms with Gasteiger partial charge < -0.3 is 33.9 Å². The quantitative estimate of drug-likeness (QED) is 0.357. The average molecular weight is 212 g/mol. The predicted octanol–water partition coefficient (Wildman–Crippen LogP) is -2.86. The van der Waals surface area contributed by atoms with Crippen LogP contribution in [0.2, 0.25) is 0 Å². The molecule has 0 aliphatic rings. The van der Waals surface area contributed by atoms with Crippen molar-refractivity contribution >= 4 is 14.1 Å². The molecule has 7 nitrogen and oxygen atoms in total. The first-order valence-corrected chi connectivity index (χ1v) is 4.79. The molecule has 0 rings (SSSR count). The zero-order valence-corrected chi connectivity index (χ0v) is 7.42. The van der Waals surface area contributed by atoms with Gasteiger partial charge in [-0.3, -0.25) is 0 Å². The Balaban J connectivity index is 3.80. The van der Waals surface area contributed by atoms with Crippen molar-refractivity contribution in [3.8, 4) is 0 Å². The van der Waals surface area contributed by atoms with Crippen LogP contribution in [0, 0.1) is 0 Å². The molecule has 13 heavy (non-hydrogen) atoms. The first kappa shape index (κ1) is 12.7. The minimum absolute atomic E-state index is 0.349. The van der Waals surface area contributed by atoms with E-state index in [1.54, 1.807) is 0 Å². The maximum Gasteiger partial charge on any atom is 0.122 e. The van der Waals surface area contributed by atoms with Crippen molar-refractivity contribution in [1.82, 2.24) is 0 Å². The molecule has 0 saturated heterocycles. The molecular weight excluding hydrogens is 203 g/mol. The van der Waals surface area contributed by atoms with E-state index in [0.717, 1.165) is 0 Å². The Labute approximate surface area is 74.2 Å². The highest BCUT2D eigenvalue weighted by molar-refractivity contribution is 7.43. The van der Waals surface area contributed by atoms with Crippen LogP contribution in [-0.4, -0.2) is 35.3 Å². The summed E-state index contributed by atoms with van der Waals surface area (Å²) in [6.45, 7) is -0.848. The minimum atomic E-state index is -5.14. The van der Waals surface area contributed by atoms with E-state index >= 15 is 0 Å². The maximum atomic E-state index is 9.90. The van der Waals surface area contributed by atoms with E-state index < -0.39 is 26.6 Å². The van der Waals surface area contributed by atoms with Crippen LogP contribution in [0.25, 0.3) is 0 Å². The molecule has 0 fully saturated rings. The Kier molecular flexibility index (Phi) is 5.31. The lowest BCUT2D eigenvalue weighted by Gasteiger charge is -2.30. The molecule has 0 saturated carbocycles. The summed E-state index contributed by atoms with van der Waals surface area (Å²) in [7, 11) is -5.14. The average Bonchev–Trinajstić information content (AvgIpc) is 1.99. The van der Waals surface area contributed by atoms with E-state index in [1.807, 2.05) is 0 Å². The van der Waals surface area contributed by atoms with E-state index in [-0.39, 0.29) is 6.42 Å². The second-order valence-electron chi connectivity index (χ2n) is 2.28. The molecule has 2 N–H and O–H groups in total. The fourth-order valence-electron chi connectivity index (χ4n) is 0.534. The minimum Gasteiger partial charge on any atom is -0.790 e. The molecule has 0 heterocycles. The third-order valence-corrected chi connectivity index (χ3v) is 1.65. The molecule has 0 aromatic heterocycles. The fraction of sp³-hybridized carbons (Fsp3) is 0.800. The van der Waals surface area contributed by atoms with E-state index in [4.69, 9.17) is 10.2 Å². The van der Waals surface area contributed by atoms with Gasteiger partial charge in [0.1, 0.15) is 12.4 Å². The van der Waals surface area contributed by atoms with E-state index in [0.29, 0.717) is 6.29 Å². The number of aliphatic hydroxyl groups is 2. The predicted molar refractivity (Wildman–Crippen MR) is 36.3 cm³/mol. The summed E-state index contributed by atoms with van der Waals surface area (Å²) in [5, 5.41) is 17.7. The van der Waals surface area contributed by atoms with Crippen LogP contribution in [0.5, 0.6) is 0 Å². The first-order valence-electron chi connectivity index (χ1n) is 3.33. The second kappa shape index (κ2) is 5.43. The van der Waals surface area contributed by atoms with Crippen molar-refractivity contribution in [3.63, 3.8) is 0 Å². The number of carbonyl (C=O) groups is 1. The summed E-state index contributed by atoms with van der Waals surface area (Å²) >= 11 is 0. The highest BCUT2D eigenvalue weighted by Crippen LogP contribution is 2.24. The van der Waals surface area contributed by atoms with E-state index in [1.165, 1.54) is 0 Å². The van der Waals surface area contributed by atoms with Crippen LogP contribution < -0.4 is 9.79 Å². The summed E-state index contributed by atoms with van der Waals surface area (Å²) in [6.07, 6.45) is -3.00. The lowest BCUT2D eigenvalue weighted by Crippen LogP contribution is -2.32. The third-order valence-electron chi connectivity index (χ3n) is 1.19. The molecule has 0 unspecified atom stereocenters. The highest BCUT2D eigenvalue weighted by atomic mass is 31.2. The fourth-order valence-corrected chi connectivity index (χ4v) is 0.870. The van der Waals surface area contributed by atoms with Crippen molar-refractivity contribution < 1.29 is 33.9 Å². The van der Waals surface area contributed by atoms with Crippen LogP contribution >= 0.6 is 7.82 Å². The smallest absolute Gasteiger partial charge is 0.122 e. The van der Waals surface area contributed by atoms with Gasteiger partial charge >= 0.3 is 0 Å². The topological polar surface area (TPSA) is 130 Å². The van der Waals surface area contributed by atoms with Crippen LogP contribution in [0.4, 0.5) is 0 Å². The Morgan fingerprint density at radius 2 is 1.92 bits per heavy atom. The largest absolute Gasteiger partial charge is 0.790 e. The lowest BCUT2D eigenvalue weighted by molar-refractivity contribution is -0.343. The van der Waals surface area contributed by atoms with Gasteiger partial charge in [-0.1, -0.05) is 0 Å². The Hall–Kier alpha value is -0.300. The Morgan fingerprint density at radius 3 is 2.31 bits per heavy atom. The van der Waals surface area contributed by atoms with Crippen molar-refractivity contribution in [2.45, 2.75) is 18.6 Å². The molecule has 8 heteroatoms. The summed E-state index contributed by atoms with van der Waals surface area (Å²) in [6, 6.07) is 0. The maximum absolute atomic E-state index is 9.90. The number of aldehydes is 1. The van der Waals surface area contributed by atoms with Gasteiger partial charge in [0.05, 0.1) is 20.5 Å². The number of carbonyl (C=O) groups excluding carboxylic acids is 1. The Morgan fingerprint density at radius 1 is 1.38 bits per heavy atom. The van der Waals surface area contributed by atoms with Crippen LogP contribution in [0.3, 0.4) is 0 Å². The number of hydrogen-bond acceptors (Lipinski definition) is 7. The summed E-state index contributed by atoms with van der Waals surface area (Å²) in [5.41, 5.74) is 0. The number of aliphatic hydroxyl groups excluding tert-OH is 2. The van der Waals surface area contributed by atoms with Crippen molar-refractivity contribution in [2.75, 3.05) is 6.61 Å². The molecule has 0 bridgehead atoms. The van der Waals surface area contributed by atoms with E-state index in [9.17, 15) is 19.1 Å². The van der Waals surface area contributed by atoms with Crippen molar-refractivity contribution in [2.24, 2.45) is 0 Å². The van der Waals surface area contributed by atoms with Crippen LogP contribution in [0.1, 0.15) is 6.42 Å². The summed E-state index contributed by atoms with van der Waals surface area (Å²) < 4.78 is 13.6. The number of hydrogen-bond donors (Lipinski definition) is 2. The zero-order valence-electron chi connectivity index (χ0n) is 6.53. The van der Waals surface area contributed by atoms with Gasteiger partial charge in [-0.05, 0) is 0 Å². The molecule has 2 atom stereocenters. The zero-order chi connectivity index (χ0) is 10.5. The molecule has 0 aliphatic heterocycles. The molecule has 0 radical (unpaired) electrons. The van der Waals surface area contributed by atoms with Gasteiger partial charge in [-0.25, -0.2) is 0 Å². The van der Waals surface area contributed by atoms with Crippen LogP contribution in [-0.2, 0) is 13.9 Å². The molecule has 0 aliphatic carbocycles. The summed E-state index contributed by atoms with van der Waals surface area (Å²) in [4.78, 5) is 29.6. The van der Waals surface area contributed by atoms with Crippen molar-refractivity contribution in [3.05, 3.63) is 0 Å². The molecule has 78 valence electrons. The van der Waals surface area contributed by atoms with Gasteiger partial charge in [-0.15, -0.1) is 0 Å². The third kappa shape index (κ3) is 6.83. The molecule has 0 aromatic carbocycles. The normalized spacial score (nSPS) is 16.6. The van der Waals surface area contributed by atoms with Crippen LogP contribution in [0.15, 0.2) is 0 Å². The number of phosphoric acid groups is 1. The molecule has 0 amide bonds. The first-order chi connectivity index (χ1) is 5.87. The summed E-state index contributed by atoms with van der Waals surface area (Å²) in [5.74, 6) is 0. The highest BCUT2D eigenvalue weighted by Gasteiger charge is 2.16. The Bertz CT molecular complexity index is 199. The van der Waals surface area contributed by atoms with Gasteiger partial charge in [0.15, 0.2) is 0 Å². The monoisotopic (exact) mass is 212 g/mol. The van der Waals surface area contributed by atoms with Gasteiger partial charge in [0, 0.05) is 6.42 Å². The SMILES string of the molecule is O=CC[C@H](O)[C@H](O)COP(=O)([O-])[O-]. The lowest BCUT2D eigenvalue weighted by atomic mass is 10.2. The van der Waals surface area contributed by atoms with Gasteiger partial charge in [0.25, 0.3) is 0 Å². The van der Waals surface area contributed by atoms with Gasteiger partial charge in [0.2, 0.25) is 0 Å². The van der Waals surface area contributed by atoms with Crippen molar-refractivity contribution in [1.29, 1.82) is 0 Å². The molecule has 0 aromatic rings. The van der Waals surface area contributed by atoms with E-state index in [2.05, 4.69) is 4.52 Å². The molecular formula is C5H9O7P-2.